The smallest absolute Gasteiger partial charge is 0.129 e. The number of benzene rings is 1. The van der Waals surface area contributed by atoms with E-state index in [2.05, 4.69) is 10.3 Å². The van der Waals surface area contributed by atoms with Gasteiger partial charge in [-0.2, -0.15) is 0 Å². The summed E-state index contributed by atoms with van der Waals surface area (Å²) in [5.41, 5.74) is 2.37. The normalized spacial score (nSPS) is 10.3. The number of hydrogen-bond acceptors (Lipinski definition) is 2. The molecule has 0 amide bonds. The molecule has 2 rings (SSSR count). The molecule has 0 atom stereocenters. The first-order valence-corrected chi connectivity index (χ1v) is 5.63. The van der Waals surface area contributed by atoms with E-state index in [9.17, 15) is 4.39 Å². The lowest BCUT2D eigenvalue weighted by Crippen LogP contribution is -2.03. The van der Waals surface area contributed by atoms with Gasteiger partial charge in [0, 0.05) is 29.5 Å². The van der Waals surface area contributed by atoms with Gasteiger partial charge in [0.05, 0.1) is 5.69 Å². The van der Waals surface area contributed by atoms with Gasteiger partial charge in [0.25, 0.3) is 0 Å². The monoisotopic (exact) mass is 250 g/mol. The number of aryl methyl sites for hydroxylation is 1. The Balaban J connectivity index is 2.13. The Bertz CT molecular complexity index is 508. The van der Waals surface area contributed by atoms with E-state index in [1.165, 1.54) is 6.07 Å². The zero-order chi connectivity index (χ0) is 12.3. The molecule has 0 spiro atoms. The lowest BCUT2D eigenvalue weighted by atomic mass is 10.2. The van der Waals surface area contributed by atoms with Crippen molar-refractivity contribution < 1.29 is 4.39 Å². The molecule has 88 valence electrons. The molecular weight excluding hydrogens is 239 g/mol. The van der Waals surface area contributed by atoms with Crippen molar-refractivity contribution in [3.8, 4) is 0 Å². The van der Waals surface area contributed by atoms with Gasteiger partial charge in [0.2, 0.25) is 0 Å². The summed E-state index contributed by atoms with van der Waals surface area (Å²) in [6.07, 6.45) is 3.46. The number of anilines is 1. The van der Waals surface area contributed by atoms with Crippen LogP contribution in [-0.2, 0) is 6.54 Å². The van der Waals surface area contributed by atoms with E-state index < -0.39 is 0 Å². The zero-order valence-electron chi connectivity index (χ0n) is 9.37. The Morgan fingerprint density at radius 3 is 2.88 bits per heavy atom. The molecular formula is C13H12ClFN2. The van der Waals surface area contributed by atoms with Gasteiger partial charge in [0.1, 0.15) is 5.82 Å². The van der Waals surface area contributed by atoms with Crippen molar-refractivity contribution in [1.82, 2.24) is 4.98 Å². The van der Waals surface area contributed by atoms with Crippen molar-refractivity contribution in [2.75, 3.05) is 5.32 Å². The van der Waals surface area contributed by atoms with Crippen LogP contribution in [0.5, 0.6) is 0 Å². The fraction of sp³-hybridized carbons (Fsp3) is 0.154. The fourth-order valence-electron chi connectivity index (χ4n) is 1.54. The van der Waals surface area contributed by atoms with Crippen LogP contribution < -0.4 is 5.32 Å². The molecule has 0 radical (unpaired) electrons. The molecule has 0 fully saturated rings. The predicted octanol–water partition coefficient (Wildman–Crippen LogP) is 3.79. The van der Waals surface area contributed by atoms with E-state index in [1.54, 1.807) is 24.5 Å². The van der Waals surface area contributed by atoms with E-state index >= 15 is 0 Å². The summed E-state index contributed by atoms with van der Waals surface area (Å²) < 4.78 is 13.5. The number of halogens is 2. The summed E-state index contributed by atoms with van der Waals surface area (Å²) in [7, 11) is 0. The average Bonchev–Trinajstić information content (AvgIpc) is 2.28. The van der Waals surface area contributed by atoms with Crippen molar-refractivity contribution in [2.24, 2.45) is 0 Å². The Hall–Kier alpha value is -1.61. The Kier molecular flexibility index (Phi) is 3.59. The minimum Gasteiger partial charge on any atom is -0.380 e. The van der Waals surface area contributed by atoms with Crippen LogP contribution in [0.2, 0.25) is 5.02 Å². The molecule has 17 heavy (non-hydrogen) atoms. The number of nitrogens with zero attached hydrogens (tertiary/aromatic N) is 1. The van der Waals surface area contributed by atoms with Crippen LogP contribution in [0, 0.1) is 12.7 Å². The summed E-state index contributed by atoms with van der Waals surface area (Å²) >= 11 is 5.93. The largest absolute Gasteiger partial charge is 0.380 e. The summed E-state index contributed by atoms with van der Waals surface area (Å²) in [6.45, 7) is 2.30. The molecule has 0 bridgehead atoms. The van der Waals surface area contributed by atoms with Crippen molar-refractivity contribution >= 4 is 17.3 Å². The quantitative estimate of drug-likeness (QED) is 0.896. The molecule has 0 aliphatic rings. The molecule has 0 saturated carbocycles. The molecule has 4 heteroatoms. The van der Waals surface area contributed by atoms with Crippen molar-refractivity contribution in [1.29, 1.82) is 0 Å². The highest BCUT2D eigenvalue weighted by Crippen LogP contribution is 2.20. The van der Waals surface area contributed by atoms with Crippen molar-refractivity contribution in [2.45, 2.75) is 13.5 Å². The first-order valence-electron chi connectivity index (χ1n) is 5.25. The molecule has 1 N–H and O–H groups in total. The van der Waals surface area contributed by atoms with Gasteiger partial charge in [-0.3, -0.25) is 4.98 Å². The van der Waals surface area contributed by atoms with Crippen LogP contribution in [0.3, 0.4) is 0 Å². The van der Waals surface area contributed by atoms with Crippen LogP contribution in [0.25, 0.3) is 0 Å². The SMILES string of the molecule is Cc1cncc(NCc2c(F)cccc2Cl)c1. The number of rotatable bonds is 3. The maximum Gasteiger partial charge on any atom is 0.129 e. The highest BCUT2D eigenvalue weighted by atomic mass is 35.5. The summed E-state index contributed by atoms with van der Waals surface area (Å²) in [5.74, 6) is -0.300. The second-order valence-corrected chi connectivity index (χ2v) is 4.21. The number of pyridine rings is 1. The third kappa shape index (κ3) is 2.94. The minimum absolute atomic E-state index is 0.300. The van der Waals surface area contributed by atoms with Gasteiger partial charge in [-0.05, 0) is 30.7 Å². The second-order valence-electron chi connectivity index (χ2n) is 3.80. The van der Waals surface area contributed by atoms with Gasteiger partial charge in [-0.15, -0.1) is 0 Å². The summed E-state index contributed by atoms with van der Waals surface area (Å²) in [6, 6.07) is 6.62. The lowest BCUT2D eigenvalue weighted by molar-refractivity contribution is 0.613. The summed E-state index contributed by atoms with van der Waals surface area (Å²) in [5, 5.41) is 3.53. The molecule has 2 nitrogen and oxygen atoms in total. The van der Waals surface area contributed by atoms with Crippen LogP contribution in [0.15, 0.2) is 36.7 Å². The first kappa shape index (κ1) is 11.9. The second kappa shape index (κ2) is 5.15. The van der Waals surface area contributed by atoms with E-state index in [-0.39, 0.29) is 5.82 Å². The predicted molar refractivity (Wildman–Crippen MR) is 67.7 cm³/mol. The molecule has 1 aromatic heterocycles. The Morgan fingerprint density at radius 1 is 1.35 bits per heavy atom. The molecule has 0 aliphatic carbocycles. The maximum atomic E-state index is 13.5. The van der Waals surface area contributed by atoms with E-state index in [0.29, 0.717) is 17.1 Å². The molecule has 1 aromatic carbocycles. The first-order chi connectivity index (χ1) is 8.16. The molecule has 0 unspecified atom stereocenters. The van der Waals surface area contributed by atoms with Gasteiger partial charge in [-0.1, -0.05) is 17.7 Å². The van der Waals surface area contributed by atoms with Crippen LogP contribution in [0.4, 0.5) is 10.1 Å². The highest BCUT2D eigenvalue weighted by molar-refractivity contribution is 6.31. The van der Waals surface area contributed by atoms with Crippen LogP contribution in [-0.4, -0.2) is 4.98 Å². The number of nitrogens with one attached hydrogen (secondary N) is 1. The fourth-order valence-corrected chi connectivity index (χ4v) is 1.77. The van der Waals surface area contributed by atoms with Gasteiger partial charge < -0.3 is 5.32 Å². The molecule has 2 aromatic rings. The standard InChI is InChI=1S/C13H12ClFN2/c1-9-5-10(7-16-6-9)17-8-11-12(14)3-2-4-13(11)15/h2-7,17H,8H2,1H3. The number of hydrogen-bond donors (Lipinski definition) is 1. The van der Waals surface area contributed by atoms with Crippen LogP contribution in [0.1, 0.15) is 11.1 Å². The van der Waals surface area contributed by atoms with Gasteiger partial charge >= 0.3 is 0 Å². The third-order valence-electron chi connectivity index (χ3n) is 2.41. The molecule has 0 aliphatic heterocycles. The van der Waals surface area contributed by atoms with Crippen molar-refractivity contribution in [3.63, 3.8) is 0 Å². The minimum atomic E-state index is -0.300. The Morgan fingerprint density at radius 2 is 2.18 bits per heavy atom. The van der Waals surface area contributed by atoms with E-state index in [1.807, 2.05) is 13.0 Å². The van der Waals surface area contributed by atoms with Gasteiger partial charge in [0.15, 0.2) is 0 Å². The highest BCUT2D eigenvalue weighted by Gasteiger charge is 2.06. The molecule has 1 heterocycles. The summed E-state index contributed by atoms with van der Waals surface area (Å²) in [4.78, 5) is 4.05. The lowest BCUT2D eigenvalue weighted by Gasteiger charge is -2.09. The van der Waals surface area contributed by atoms with E-state index in [4.69, 9.17) is 11.6 Å². The number of aromatic nitrogens is 1. The average molecular weight is 251 g/mol. The third-order valence-corrected chi connectivity index (χ3v) is 2.76. The topological polar surface area (TPSA) is 24.9 Å². The van der Waals surface area contributed by atoms with Crippen LogP contribution >= 0.6 is 11.6 Å². The Labute approximate surface area is 104 Å². The van der Waals surface area contributed by atoms with E-state index in [0.717, 1.165) is 11.3 Å². The van der Waals surface area contributed by atoms with Crippen molar-refractivity contribution in [3.05, 3.63) is 58.6 Å². The zero-order valence-corrected chi connectivity index (χ0v) is 10.1. The maximum absolute atomic E-state index is 13.5. The molecule has 0 saturated heterocycles. The van der Waals surface area contributed by atoms with Gasteiger partial charge in [-0.25, -0.2) is 4.39 Å².